The van der Waals surface area contributed by atoms with Crippen LogP contribution in [0.1, 0.15) is 39.2 Å². The maximum absolute atomic E-state index is 13.4. The number of carbonyl (C=O) groups is 1. The zero-order chi connectivity index (χ0) is 16.5. The van der Waals surface area contributed by atoms with Gasteiger partial charge in [-0.05, 0) is 57.4 Å². The van der Waals surface area contributed by atoms with Crippen molar-refractivity contribution in [2.75, 3.05) is 13.1 Å². The first kappa shape index (κ1) is 17.1. The summed E-state index contributed by atoms with van der Waals surface area (Å²) in [6.45, 7) is 6.14. The monoisotopic (exact) mass is 327 g/mol. The third-order valence-corrected chi connectivity index (χ3v) is 4.09. The van der Waals surface area contributed by atoms with Crippen molar-refractivity contribution in [3.05, 3.63) is 29.6 Å². The molecule has 0 saturated carbocycles. The van der Waals surface area contributed by atoms with Crippen LogP contribution >= 0.6 is 12.6 Å². The van der Waals surface area contributed by atoms with E-state index >= 15 is 0 Å². The van der Waals surface area contributed by atoms with Crippen LogP contribution in [0.4, 0.5) is 9.18 Å². The zero-order valence-corrected chi connectivity index (χ0v) is 14.0. The fourth-order valence-electron chi connectivity index (χ4n) is 2.54. The third kappa shape index (κ3) is 3.93. The molecule has 122 valence electrons. The Morgan fingerprint density at radius 3 is 2.50 bits per heavy atom. The molecule has 0 radical (unpaired) electrons. The molecule has 1 aliphatic heterocycles. The van der Waals surface area contributed by atoms with Crippen molar-refractivity contribution in [1.29, 1.82) is 0 Å². The summed E-state index contributed by atoms with van der Waals surface area (Å²) >= 11 is 4.30. The van der Waals surface area contributed by atoms with Gasteiger partial charge in [-0.1, -0.05) is 0 Å². The zero-order valence-electron chi connectivity index (χ0n) is 13.1. The number of hydrogen-bond acceptors (Lipinski definition) is 4. The summed E-state index contributed by atoms with van der Waals surface area (Å²) in [6.07, 6.45) is 0.256. The summed E-state index contributed by atoms with van der Waals surface area (Å²) in [7, 11) is 0. The fraction of sp³-hybridized carbons (Fsp3) is 0.562. The number of aliphatic hydroxyl groups is 1. The van der Waals surface area contributed by atoms with E-state index in [2.05, 4.69) is 12.6 Å². The average Bonchev–Trinajstić information content (AvgIpc) is 2.40. The van der Waals surface area contributed by atoms with Crippen molar-refractivity contribution in [3.8, 4) is 0 Å². The number of rotatable bonds is 1. The van der Waals surface area contributed by atoms with Gasteiger partial charge in [0.25, 0.3) is 0 Å². The topological polar surface area (TPSA) is 49.8 Å². The molecule has 1 saturated heterocycles. The molecule has 4 nitrogen and oxygen atoms in total. The molecule has 0 unspecified atom stereocenters. The number of nitrogens with zero attached hydrogens (tertiary/aromatic N) is 1. The Hall–Kier alpha value is -1.27. The van der Waals surface area contributed by atoms with Gasteiger partial charge in [0.15, 0.2) is 0 Å². The standard InChI is InChI=1S/C16H22FNO3S/c1-15(2,3)21-14(19)18-8-6-16(20,7-9-18)12-10-11(17)4-5-13(12)22/h4-5,10,20,22H,6-9H2,1-3H3. The molecule has 1 amide bonds. The molecule has 0 spiro atoms. The molecule has 1 heterocycles. The highest BCUT2D eigenvalue weighted by molar-refractivity contribution is 7.80. The third-order valence-electron chi connectivity index (χ3n) is 3.70. The van der Waals surface area contributed by atoms with Crippen LogP contribution < -0.4 is 0 Å². The Morgan fingerprint density at radius 1 is 1.36 bits per heavy atom. The van der Waals surface area contributed by atoms with E-state index in [9.17, 15) is 14.3 Å². The number of ether oxygens (including phenoxy) is 1. The normalized spacial score (nSPS) is 18.2. The Balaban J connectivity index is 2.07. The van der Waals surface area contributed by atoms with Crippen LogP contribution in [0, 0.1) is 5.82 Å². The molecule has 1 N–H and O–H groups in total. The number of piperidine rings is 1. The number of halogens is 1. The molecule has 1 aromatic carbocycles. The van der Waals surface area contributed by atoms with Crippen LogP contribution in [0.3, 0.4) is 0 Å². The van der Waals surface area contributed by atoms with Gasteiger partial charge in [0.2, 0.25) is 0 Å². The highest BCUT2D eigenvalue weighted by Crippen LogP contribution is 2.36. The van der Waals surface area contributed by atoms with Crippen molar-refractivity contribution < 1.29 is 19.0 Å². The summed E-state index contributed by atoms with van der Waals surface area (Å²) in [4.78, 5) is 14.1. The maximum atomic E-state index is 13.4. The minimum atomic E-state index is -1.17. The molecule has 22 heavy (non-hydrogen) atoms. The molecule has 0 bridgehead atoms. The molecule has 0 aliphatic carbocycles. The summed E-state index contributed by atoms with van der Waals surface area (Å²) < 4.78 is 18.8. The number of benzene rings is 1. The Morgan fingerprint density at radius 2 is 1.95 bits per heavy atom. The second-order valence-corrected chi connectivity index (χ2v) is 7.14. The molecule has 1 aliphatic rings. The van der Waals surface area contributed by atoms with Crippen LogP contribution in [0.5, 0.6) is 0 Å². The highest BCUT2D eigenvalue weighted by atomic mass is 32.1. The lowest BCUT2D eigenvalue weighted by molar-refractivity contribution is -0.0372. The van der Waals surface area contributed by atoms with Crippen molar-refractivity contribution >= 4 is 18.7 Å². The summed E-state index contributed by atoms with van der Waals surface area (Å²) in [5, 5.41) is 10.8. The van der Waals surface area contributed by atoms with Gasteiger partial charge in [0.1, 0.15) is 11.4 Å². The Bertz CT molecular complexity index is 563. The second kappa shape index (κ2) is 6.08. The average molecular weight is 327 g/mol. The van der Waals surface area contributed by atoms with Crippen LogP contribution in [0.2, 0.25) is 0 Å². The number of amides is 1. The minimum absolute atomic E-state index is 0.323. The maximum Gasteiger partial charge on any atom is 0.410 e. The lowest BCUT2D eigenvalue weighted by Gasteiger charge is -2.39. The van der Waals surface area contributed by atoms with Crippen LogP contribution in [-0.2, 0) is 10.3 Å². The number of thiol groups is 1. The largest absolute Gasteiger partial charge is 0.444 e. The van der Waals surface area contributed by atoms with E-state index in [1.807, 2.05) is 20.8 Å². The van der Waals surface area contributed by atoms with Crippen molar-refractivity contribution in [2.45, 2.75) is 49.7 Å². The van der Waals surface area contributed by atoms with E-state index < -0.39 is 17.0 Å². The van der Waals surface area contributed by atoms with E-state index in [0.717, 1.165) is 0 Å². The molecule has 2 rings (SSSR count). The lowest BCUT2D eigenvalue weighted by Crippen LogP contribution is -2.47. The van der Waals surface area contributed by atoms with Crippen LogP contribution in [0.25, 0.3) is 0 Å². The summed E-state index contributed by atoms with van der Waals surface area (Å²) in [5.41, 5.74) is -1.25. The van der Waals surface area contributed by atoms with Crippen molar-refractivity contribution in [2.24, 2.45) is 0 Å². The molecular formula is C16H22FNO3S. The van der Waals surface area contributed by atoms with Crippen LogP contribution in [-0.4, -0.2) is 34.8 Å². The quantitative estimate of drug-likeness (QED) is 0.778. The van der Waals surface area contributed by atoms with Gasteiger partial charge in [0.05, 0.1) is 5.60 Å². The van der Waals surface area contributed by atoms with E-state index in [1.54, 1.807) is 4.90 Å². The molecule has 1 aromatic rings. The SMILES string of the molecule is CC(C)(C)OC(=O)N1CCC(O)(c2cc(F)ccc2S)CC1. The van der Waals surface area contributed by atoms with Gasteiger partial charge < -0.3 is 14.7 Å². The van der Waals surface area contributed by atoms with Gasteiger partial charge in [0, 0.05) is 18.0 Å². The van der Waals surface area contributed by atoms with Gasteiger partial charge in [-0.25, -0.2) is 9.18 Å². The molecule has 0 atom stereocenters. The minimum Gasteiger partial charge on any atom is -0.444 e. The van der Waals surface area contributed by atoms with E-state index in [1.165, 1.54) is 18.2 Å². The predicted octanol–water partition coefficient (Wildman–Crippen LogP) is 3.33. The van der Waals surface area contributed by atoms with E-state index in [4.69, 9.17) is 4.74 Å². The molecular weight excluding hydrogens is 305 g/mol. The second-order valence-electron chi connectivity index (χ2n) is 6.66. The van der Waals surface area contributed by atoms with Gasteiger partial charge in [-0.15, -0.1) is 12.6 Å². The lowest BCUT2D eigenvalue weighted by atomic mass is 9.84. The van der Waals surface area contributed by atoms with Crippen molar-refractivity contribution in [1.82, 2.24) is 4.90 Å². The van der Waals surface area contributed by atoms with Gasteiger partial charge in [-0.2, -0.15) is 0 Å². The molecule has 1 fully saturated rings. The smallest absolute Gasteiger partial charge is 0.410 e. The van der Waals surface area contributed by atoms with E-state index in [0.29, 0.717) is 36.4 Å². The number of hydrogen-bond donors (Lipinski definition) is 2. The summed E-state index contributed by atoms with van der Waals surface area (Å²) in [5.74, 6) is -0.407. The predicted molar refractivity (Wildman–Crippen MR) is 84.6 cm³/mol. The van der Waals surface area contributed by atoms with Crippen LogP contribution in [0.15, 0.2) is 23.1 Å². The Kier molecular flexibility index (Phi) is 4.73. The first-order chi connectivity index (χ1) is 10.1. The van der Waals surface area contributed by atoms with Gasteiger partial charge in [-0.3, -0.25) is 0 Å². The fourth-order valence-corrected chi connectivity index (χ4v) is 2.88. The molecule has 0 aromatic heterocycles. The first-order valence-corrected chi connectivity index (χ1v) is 7.75. The van der Waals surface area contributed by atoms with Crippen molar-refractivity contribution in [3.63, 3.8) is 0 Å². The molecule has 6 heteroatoms. The van der Waals surface area contributed by atoms with Gasteiger partial charge >= 0.3 is 6.09 Å². The first-order valence-electron chi connectivity index (χ1n) is 7.30. The number of carbonyl (C=O) groups excluding carboxylic acids is 1. The number of likely N-dealkylation sites (tertiary alicyclic amines) is 1. The highest BCUT2D eigenvalue weighted by Gasteiger charge is 2.38. The summed E-state index contributed by atoms with van der Waals surface area (Å²) in [6, 6.07) is 4.16. The van der Waals surface area contributed by atoms with E-state index in [-0.39, 0.29) is 6.09 Å². The Labute approximate surface area is 135 Å².